The van der Waals surface area contributed by atoms with Gasteiger partial charge < -0.3 is 4.90 Å². The highest BCUT2D eigenvalue weighted by Crippen LogP contribution is 2.25. The van der Waals surface area contributed by atoms with Crippen LogP contribution in [0.4, 0.5) is 0 Å². The number of benzene rings is 3. The smallest absolute Gasteiger partial charge is 0.261 e. The fraction of sp³-hybridized carbons (Fsp3) is 0.179. The first-order valence-corrected chi connectivity index (χ1v) is 12.0. The van der Waals surface area contributed by atoms with Crippen LogP contribution in [-0.2, 0) is 13.0 Å². The number of hydrogen-bond donors (Lipinski definition) is 0. The van der Waals surface area contributed by atoms with Crippen LogP contribution in [0, 0.1) is 13.8 Å². The highest BCUT2D eigenvalue weighted by molar-refractivity contribution is 9.10. The van der Waals surface area contributed by atoms with E-state index in [1.165, 1.54) is 0 Å². The number of carbonyl (C=O) groups excluding carboxylic acids is 1. The monoisotopic (exact) mass is 513 g/mol. The molecule has 1 aliphatic heterocycles. The summed E-state index contributed by atoms with van der Waals surface area (Å²) in [5.74, 6) is 0.536. The third-order valence-corrected chi connectivity index (χ3v) is 7.14. The van der Waals surface area contributed by atoms with Crippen LogP contribution in [0.15, 0.2) is 82.1 Å². The van der Waals surface area contributed by atoms with Gasteiger partial charge in [-0.1, -0.05) is 64.0 Å². The van der Waals surface area contributed by atoms with Crippen molar-refractivity contribution >= 4 is 21.8 Å². The third-order valence-electron chi connectivity index (χ3n) is 6.25. The van der Waals surface area contributed by atoms with E-state index in [-0.39, 0.29) is 11.5 Å². The Morgan fingerprint density at radius 1 is 0.971 bits per heavy atom. The Kier molecular flexibility index (Phi) is 5.92. The van der Waals surface area contributed by atoms with Crippen molar-refractivity contribution in [1.82, 2.24) is 14.5 Å². The van der Waals surface area contributed by atoms with Crippen molar-refractivity contribution in [2.75, 3.05) is 6.54 Å². The summed E-state index contributed by atoms with van der Waals surface area (Å²) in [6.07, 6.45) is 0.476. The molecule has 6 heteroatoms. The molecule has 34 heavy (non-hydrogen) atoms. The van der Waals surface area contributed by atoms with Crippen molar-refractivity contribution in [2.24, 2.45) is 0 Å². The van der Waals surface area contributed by atoms with Crippen LogP contribution in [0.5, 0.6) is 0 Å². The van der Waals surface area contributed by atoms with Crippen LogP contribution < -0.4 is 5.56 Å². The van der Waals surface area contributed by atoms with Gasteiger partial charge in [0, 0.05) is 27.7 Å². The number of halogens is 1. The lowest BCUT2D eigenvalue weighted by atomic mass is 10.0. The Morgan fingerprint density at radius 2 is 1.71 bits per heavy atom. The first-order valence-electron chi connectivity index (χ1n) is 11.2. The van der Waals surface area contributed by atoms with Gasteiger partial charge in [0.25, 0.3) is 11.5 Å². The molecule has 0 bridgehead atoms. The number of amides is 1. The van der Waals surface area contributed by atoms with E-state index in [9.17, 15) is 9.59 Å². The van der Waals surface area contributed by atoms with E-state index >= 15 is 0 Å². The number of aryl methyl sites for hydroxylation is 2. The molecular weight excluding hydrogens is 490 g/mol. The number of aromatic nitrogens is 2. The highest BCUT2D eigenvalue weighted by atomic mass is 79.9. The van der Waals surface area contributed by atoms with E-state index in [0.29, 0.717) is 42.2 Å². The molecule has 170 valence electrons. The van der Waals surface area contributed by atoms with Gasteiger partial charge in [0.2, 0.25) is 0 Å². The minimum Gasteiger partial charge on any atom is -0.332 e. The fourth-order valence-corrected chi connectivity index (χ4v) is 4.58. The summed E-state index contributed by atoms with van der Waals surface area (Å²) in [5.41, 5.74) is 5.69. The second kappa shape index (κ2) is 9.03. The molecule has 0 saturated heterocycles. The van der Waals surface area contributed by atoms with Crippen LogP contribution in [0.25, 0.3) is 17.1 Å². The first-order chi connectivity index (χ1) is 16.4. The summed E-state index contributed by atoms with van der Waals surface area (Å²) in [6.45, 7) is 4.78. The van der Waals surface area contributed by atoms with Crippen LogP contribution in [0.3, 0.4) is 0 Å². The molecule has 5 nitrogen and oxygen atoms in total. The molecule has 3 aromatic carbocycles. The second-order valence-electron chi connectivity index (χ2n) is 8.64. The maximum Gasteiger partial charge on any atom is 0.261 e. The van der Waals surface area contributed by atoms with Crippen LogP contribution >= 0.6 is 15.9 Å². The zero-order valence-corrected chi connectivity index (χ0v) is 20.7. The molecule has 1 aromatic heterocycles. The normalized spacial score (nSPS) is 13.0. The van der Waals surface area contributed by atoms with E-state index in [0.717, 1.165) is 26.9 Å². The summed E-state index contributed by atoms with van der Waals surface area (Å²) in [6, 6.07) is 23.2. The Bertz CT molecular complexity index is 1440. The molecule has 0 fully saturated rings. The van der Waals surface area contributed by atoms with Gasteiger partial charge in [0.15, 0.2) is 0 Å². The van der Waals surface area contributed by atoms with Gasteiger partial charge in [0.05, 0.1) is 17.9 Å². The molecule has 0 aliphatic carbocycles. The standard InChI is InChI=1S/C28H24BrN3O2/c1-18-8-11-22(12-9-18)32-26(20-6-4-3-5-7-20)30-25-17-31(15-14-23(25)28(32)34)27(33)21-10-13-24(29)19(2)16-21/h3-13,16H,14-15,17H2,1-2H3. The minimum atomic E-state index is -0.0701. The molecule has 0 unspecified atom stereocenters. The van der Waals surface area contributed by atoms with Crippen LogP contribution in [-0.4, -0.2) is 26.9 Å². The summed E-state index contributed by atoms with van der Waals surface area (Å²) < 4.78 is 2.67. The van der Waals surface area contributed by atoms with Crippen molar-refractivity contribution < 1.29 is 4.79 Å². The largest absolute Gasteiger partial charge is 0.332 e. The number of hydrogen-bond acceptors (Lipinski definition) is 3. The molecule has 5 rings (SSSR count). The van der Waals surface area contributed by atoms with Gasteiger partial charge in [-0.3, -0.25) is 14.2 Å². The molecule has 0 atom stereocenters. The Hall–Kier alpha value is -3.51. The number of fused-ring (bicyclic) bond motifs is 1. The topological polar surface area (TPSA) is 55.2 Å². The number of nitrogens with zero attached hydrogens (tertiary/aromatic N) is 3. The van der Waals surface area contributed by atoms with Gasteiger partial charge in [-0.15, -0.1) is 0 Å². The quantitative estimate of drug-likeness (QED) is 0.364. The highest BCUT2D eigenvalue weighted by Gasteiger charge is 2.27. The van der Waals surface area contributed by atoms with Gasteiger partial charge >= 0.3 is 0 Å². The third kappa shape index (κ3) is 4.10. The van der Waals surface area contributed by atoms with E-state index in [1.807, 2.05) is 86.6 Å². The summed E-state index contributed by atoms with van der Waals surface area (Å²) in [4.78, 5) is 33.7. The maximum absolute atomic E-state index is 13.7. The Balaban J connectivity index is 1.59. The lowest BCUT2D eigenvalue weighted by Crippen LogP contribution is -2.40. The average molecular weight is 514 g/mol. The van der Waals surface area contributed by atoms with Gasteiger partial charge in [0.1, 0.15) is 5.82 Å². The molecule has 4 aromatic rings. The van der Waals surface area contributed by atoms with Crippen molar-refractivity contribution in [3.05, 3.63) is 116 Å². The lowest BCUT2D eigenvalue weighted by Gasteiger charge is -2.29. The Morgan fingerprint density at radius 3 is 2.41 bits per heavy atom. The van der Waals surface area contributed by atoms with E-state index in [4.69, 9.17) is 4.98 Å². The molecule has 2 heterocycles. The van der Waals surface area contributed by atoms with Crippen molar-refractivity contribution in [2.45, 2.75) is 26.8 Å². The van der Waals surface area contributed by atoms with Crippen LogP contribution in [0.1, 0.15) is 32.7 Å². The fourth-order valence-electron chi connectivity index (χ4n) is 4.34. The summed E-state index contributed by atoms with van der Waals surface area (Å²) >= 11 is 3.49. The zero-order valence-electron chi connectivity index (χ0n) is 19.1. The Labute approximate surface area is 206 Å². The second-order valence-corrected chi connectivity index (χ2v) is 9.50. The minimum absolute atomic E-state index is 0.0491. The number of carbonyl (C=O) groups is 1. The maximum atomic E-state index is 13.7. The molecule has 1 aliphatic rings. The van der Waals surface area contributed by atoms with Gasteiger partial charge in [-0.25, -0.2) is 4.98 Å². The van der Waals surface area contributed by atoms with E-state index in [2.05, 4.69) is 15.9 Å². The van der Waals surface area contributed by atoms with E-state index < -0.39 is 0 Å². The molecule has 0 N–H and O–H groups in total. The molecule has 0 saturated carbocycles. The predicted octanol–water partition coefficient (Wildman–Crippen LogP) is 5.48. The molecular formula is C28H24BrN3O2. The van der Waals surface area contributed by atoms with Gasteiger partial charge in [-0.2, -0.15) is 0 Å². The lowest BCUT2D eigenvalue weighted by molar-refractivity contribution is 0.0731. The SMILES string of the molecule is Cc1ccc(-n2c(-c3ccccc3)nc3c(c2=O)CCN(C(=O)c2ccc(Br)c(C)c2)C3)cc1. The zero-order chi connectivity index (χ0) is 23.8. The van der Waals surface area contributed by atoms with Crippen molar-refractivity contribution in [1.29, 1.82) is 0 Å². The molecule has 0 spiro atoms. The van der Waals surface area contributed by atoms with E-state index in [1.54, 1.807) is 9.47 Å². The molecule has 1 amide bonds. The first kappa shape index (κ1) is 22.3. The van der Waals surface area contributed by atoms with Gasteiger partial charge in [-0.05, 0) is 56.2 Å². The summed E-state index contributed by atoms with van der Waals surface area (Å²) in [5, 5.41) is 0. The van der Waals surface area contributed by atoms with Crippen LogP contribution in [0.2, 0.25) is 0 Å². The predicted molar refractivity (Wildman–Crippen MR) is 137 cm³/mol. The molecule has 0 radical (unpaired) electrons. The number of rotatable bonds is 3. The average Bonchev–Trinajstić information content (AvgIpc) is 2.86. The van der Waals surface area contributed by atoms with Crippen molar-refractivity contribution in [3.63, 3.8) is 0 Å². The van der Waals surface area contributed by atoms with Crippen molar-refractivity contribution in [3.8, 4) is 17.1 Å². The summed E-state index contributed by atoms with van der Waals surface area (Å²) in [7, 11) is 0.